The minimum Gasteiger partial charge on any atom is -0.392 e. The molecule has 5 heteroatoms. The van der Waals surface area contributed by atoms with E-state index in [0.717, 1.165) is 47.8 Å². The van der Waals surface area contributed by atoms with Crippen molar-refractivity contribution in [2.45, 2.75) is 45.3 Å². The number of hydrogen-bond acceptors (Lipinski definition) is 4. The van der Waals surface area contributed by atoms with E-state index in [4.69, 9.17) is 5.73 Å². The van der Waals surface area contributed by atoms with Gasteiger partial charge in [0, 0.05) is 23.0 Å². The van der Waals surface area contributed by atoms with Gasteiger partial charge in [-0.25, -0.2) is 0 Å². The van der Waals surface area contributed by atoms with Crippen molar-refractivity contribution in [1.29, 1.82) is 0 Å². The molecule has 3 rings (SSSR count). The van der Waals surface area contributed by atoms with E-state index in [0.29, 0.717) is 5.69 Å². The Balaban J connectivity index is 1.88. The van der Waals surface area contributed by atoms with Crippen molar-refractivity contribution < 1.29 is 9.90 Å². The number of benzene rings is 1. The van der Waals surface area contributed by atoms with E-state index in [-0.39, 0.29) is 24.5 Å². The fourth-order valence-electron chi connectivity index (χ4n) is 3.31. The number of aryl methyl sites for hydroxylation is 1. The lowest BCUT2D eigenvalue weighted by Gasteiger charge is -2.25. The monoisotopic (exact) mass is 313 g/mol. The Kier molecular flexibility index (Phi) is 4.59. The molecule has 1 aromatic heterocycles. The minimum absolute atomic E-state index is 0.0205. The van der Waals surface area contributed by atoms with Crippen LogP contribution in [0.15, 0.2) is 24.3 Å². The number of carbonyl (C=O) groups excluding carboxylic acids is 1. The average molecular weight is 313 g/mol. The summed E-state index contributed by atoms with van der Waals surface area (Å²) in [5.74, 6) is 0.0606. The molecule has 0 radical (unpaired) electrons. The first-order chi connectivity index (χ1) is 11.1. The molecule has 0 spiro atoms. The van der Waals surface area contributed by atoms with Crippen LogP contribution in [-0.4, -0.2) is 22.0 Å². The molecule has 122 valence electrons. The van der Waals surface area contributed by atoms with Gasteiger partial charge >= 0.3 is 0 Å². The quantitative estimate of drug-likeness (QED) is 0.812. The number of rotatable bonds is 3. The number of pyridine rings is 1. The molecule has 1 fully saturated rings. The number of nitrogens with zero attached hydrogens (tertiary/aromatic N) is 1. The summed E-state index contributed by atoms with van der Waals surface area (Å²) < 4.78 is 0. The Morgan fingerprint density at radius 3 is 2.78 bits per heavy atom. The number of aliphatic hydroxyl groups is 1. The number of aliphatic hydroxyl groups excluding tert-OH is 1. The van der Waals surface area contributed by atoms with E-state index in [1.807, 2.05) is 31.2 Å². The fourth-order valence-corrected chi connectivity index (χ4v) is 3.31. The second kappa shape index (κ2) is 6.64. The second-order valence-electron chi connectivity index (χ2n) is 6.38. The molecule has 1 aromatic carbocycles. The van der Waals surface area contributed by atoms with Gasteiger partial charge in [-0.05, 0) is 50.3 Å². The molecule has 1 aliphatic carbocycles. The first-order valence-corrected chi connectivity index (χ1v) is 8.15. The molecule has 5 nitrogen and oxygen atoms in total. The van der Waals surface area contributed by atoms with Crippen LogP contribution in [0.5, 0.6) is 0 Å². The summed E-state index contributed by atoms with van der Waals surface area (Å²) >= 11 is 0. The van der Waals surface area contributed by atoms with Gasteiger partial charge in [0.1, 0.15) is 0 Å². The van der Waals surface area contributed by atoms with Crippen molar-refractivity contribution in [2.75, 3.05) is 5.32 Å². The number of hydrogen-bond donors (Lipinski definition) is 3. The highest BCUT2D eigenvalue weighted by atomic mass is 16.3. The Morgan fingerprint density at radius 1 is 1.35 bits per heavy atom. The van der Waals surface area contributed by atoms with Gasteiger partial charge in [0.2, 0.25) is 5.91 Å². The van der Waals surface area contributed by atoms with Gasteiger partial charge in [0.25, 0.3) is 0 Å². The SMILES string of the molecule is Cc1cc(CO)c2cccc(NC(=O)C3CCC(N)CC3)c2n1. The average Bonchev–Trinajstić information content (AvgIpc) is 2.55. The van der Waals surface area contributed by atoms with Crippen LogP contribution in [0.3, 0.4) is 0 Å². The highest BCUT2D eigenvalue weighted by Gasteiger charge is 2.25. The zero-order chi connectivity index (χ0) is 16.4. The number of carbonyl (C=O) groups is 1. The third kappa shape index (κ3) is 3.35. The number of nitrogens with two attached hydrogens (primary N) is 1. The molecule has 0 aliphatic heterocycles. The van der Waals surface area contributed by atoms with Gasteiger partial charge < -0.3 is 16.2 Å². The van der Waals surface area contributed by atoms with Crippen LogP contribution in [-0.2, 0) is 11.4 Å². The largest absolute Gasteiger partial charge is 0.392 e. The summed E-state index contributed by atoms with van der Waals surface area (Å²) in [5, 5.41) is 13.4. The van der Waals surface area contributed by atoms with Crippen LogP contribution in [0.4, 0.5) is 5.69 Å². The molecular weight excluding hydrogens is 290 g/mol. The third-order valence-corrected chi connectivity index (χ3v) is 4.62. The Morgan fingerprint density at radius 2 is 2.09 bits per heavy atom. The summed E-state index contributed by atoms with van der Waals surface area (Å²) in [6.07, 6.45) is 3.48. The lowest BCUT2D eigenvalue weighted by atomic mass is 9.86. The second-order valence-corrected chi connectivity index (χ2v) is 6.38. The van der Waals surface area contributed by atoms with Gasteiger partial charge in [-0.2, -0.15) is 0 Å². The molecule has 0 saturated heterocycles. The summed E-state index contributed by atoms with van der Waals surface area (Å²) in [4.78, 5) is 17.1. The predicted octanol–water partition coefficient (Wildman–Crippen LogP) is 2.49. The maximum Gasteiger partial charge on any atom is 0.227 e. The lowest BCUT2D eigenvalue weighted by molar-refractivity contribution is -0.120. The smallest absolute Gasteiger partial charge is 0.227 e. The molecule has 23 heavy (non-hydrogen) atoms. The van der Waals surface area contributed by atoms with E-state index in [1.165, 1.54) is 0 Å². The normalized spacial score (nSPS) is 21.3. The van der Waals surface area contributed by atoms with Crippen LogP contribution in [0.2, 0.25) is 0 Å². The Labute approximate surface area is 135 Å². The summed E-state index contributed by atoms with van der Waals surface area (Å²) in [5.41, 5.74) is 9.00. The lowest BCUT2D eigenvalue weighted by Crippen LogP contribution is -2.32. The zero-order valence-corrected chi connectivity index (χ0v) is 13.4. The van der Waals surface area contributed by atoms with Crippen molar-refractivity contribution in [3.05, 3.63) is 35.5 Å². The third-order valence-electron chi connectivity index (χ3n) is 4.62. The molecule has 1 heterocycles. The van der Waals surface area contributed by atoms with Gasteiger partial charge in [0.05, 0.1) is 17.8 Å². The first-order valence-electron chi connectivity index (χ1n) is 8.15. The molecule has 0 unspecified atom stereocenters. The van der Waals surface area contributed by atoms with Crippen molar-refractivity contribution in [2.24, 2.45) is 11.7 Å². The summed E-state index contributed by atoms with van der Waals surface area (Å²) in [7, 11) is 0. The minimum atomic E-state index is -0.0439. The molecule has 4 N–H and O–H groups in total. The highest BCUT2D eigenvalue weighted by Crippen LogP contribution is 2.28. The van der Waals surface area contributed by atoms with E-state index < -0.39 is 0 Å². The number of aromatic nitrogens is 1. The maximum atomic E-state index is 12.5. The fraction of sp³-hybridized carbons (Fsp3) is 0.444. The first kappa shape index (κ1) is 15.9. The maximum absolute atomic E-state index is 12.5. The molecular formula is C18H23N3O2. The zero-order valence-electron chi connectivity index (χ0n) is 13.4. The van der Waals surface area contributed by atoms with Crippen molar-refractivity contribution in [3.63, 3.8) is 0 Å². The van der Waals surface area contributed by atoms with Crippen LogP contribution in [0, 0.1) is 12.8 Å². The van der Waals surface area contributed by atoms with E-state index in [1.54, 1.807) is 0 Å². The number of anilines is 1. The van der Waals surface area contributed by atoms with E-state index in [9.17, 15) is 9.90 Å². The Bertz CT molecular complexity index is 722. The van der Waals surface area contributed by atoms with Gasteiger partial charge in [-0.1, -0.05) is 12.1 Å². The van der Waals surface area contributed by atoms with E-state index in [2.05, 4.69) is 10.3 Å². The topological polar surface area (TPSA) is 88.2 Å². The standard InChI is InChI=1S/C18H23N3O2/c1-11-9-13(10-22)15-3-2-4-16(17(15)20-11)21-18(23)12-5-7-14(19)8-6-12/h2-4,9,12,14,22H,5-8,10,19H2,1H3,(H,21,23). The number of para-hydroxylation sites is 1. The molecule has 0 atom stereocenters. The molecule has 2 aromatic rings. The highest BCUT2D eigenvalue weighted by molar-refractivity contribution is 6.02. The van der Waals surface area contributed by atoms with Gasteiger partial charge in [-0.3, -0.25) is 9.78 Å². The van der Waals surface area contributed by atoms with Crippen LogP contribution < -0.4 is 11.1 Å². The van der Waals surface area contributed by atoms with Crippen molar-refractivity contribution in [3.8, 4) is 0 Å². The Hall–Kier alpha value is -1.98. The number of amides is 1. The number of nitrogens with one attached hydrogen (secondary N) is 1. The predicted molar refractivity (Wildman–Crippen MR) is 91.0 cm³/mol. The van der Waals surface area contributed by atoms with Gasteiger partial charge in [0.15, 0.2) is 0 Å². The molecule has 1 amide bonds. The van der Waals surface area contributed by atoms with Crippen molar-refractivity contribution in [1.82, 2.24) is 4.98 Å². The summed E-state index contributed by atoms with van der Waals surface area (Å²) in [6, 6.07) is 7.76. The van der Waals surface area contributed by atoms with Gasteiger partial charge in [-0.15, -0.1) is 0 Å². The van der Waals surface area contributed by atoms with Crippen LogP contribution in [0.25, 0.3) is 10.9 Å². The van der Waals surface area contributed by atoms with E-state index >= 15 is 0 Å². The van der Waals surface area contributed by atoms with Crippen molar-refractivity contribution >= 4 is 22.5 Å². The van der Waals surface area contributed by atoms with Crippen LogP contribution >= 0.6 is 0 Å². The van der Waals surface area contributed by atoms with Crippen LogP contribution in [0.1, 0.15) is 36.9 Å². The number of fused-ring (bicyclic) bond motifs is 1. The summed E-state index contributed by atoms with van der Waals surface area (Å²) in [6.45, 7) is 1.84. The molecule has 1 saturated carbocycles. The molecule has 0 bridgehead atoms. The molecule has 1 aliphatic rings.